The van der Waals surface area contributed by atoms with Gasteiger partial charge in [0.15, 0.2) is 0 Å². The van der Waals surface area contributed by atoms with Crippen LogP contribution < -0.4 is 5.73 Å². The summed E-state index contributed by atoms with van der Waals surface area (Å²) in [6, 6.07) is 11.4. The number of hydrogen-bond donors (Lipinski definition) is 1. The maximum atomic E-state index is 11.4. The highest BCUT2D eigenvalue weighted by atomic mass is 16.6. The normalized spacial score (nSPS) is 10.2. The molecular weight excluding hydrogens is 244 g/mol. The Bertz CT molecular complexity index is 665. The second-order valence-corrected chi connectivity index (χ2v) is 4.19. The lowest BCUT2D eigenvalue weighted by Gasteiger charge is -2.08. The predicted octanol–water partition coefficient (Wildman–Crippen LogP) is 2.67. The Morgan fingerprint density at radius 2 is 1.84 bits per heavy atom. The zero-order valence-electron chi connectivity index (χ0n) is 10.3. The van der Waals surface area contributed by atoms with Crippen molar-refractivity contribution < 1.29 is 9.72 Å². The van der Waals surface area contributed by atoms with E-state index >= 15 is 0 Å². The molecule has 0 radical (unpaired) electrons. The second-order valence-electron chi connectivity index (χ2n) is 4.19. The zero-order chi connectivity index (χ0) is 14.0. The molecule has 0 unspecified atom stereocenters. The van der Waals surface area contributed by atoms with Gasteiger partial charge in [0.1, 0.15) is 0 Å². The molecule has 0 aliphatic rings. The summed E-state index contributed by atoms with van der Waals surface area (Å²) in [6.45, 7) is 1.83. The molecule has 2 aromatic rings. The van der Waals surface area contributed by atoms with E-state index in [1.807, 2.05) is 6.92 Å². The van der Waals surface area contributed by atoms with Gasteiger partial charge in [0.2, 0.25) is 5.91 Å². The fourth-order valence-electron chi connectivity index (χ4n) is 1.96. The molecule has 0 heterocycles. The molecule has 0 spiro atoms. The minimum Gasteiger partial charge on any atom is -0.366 e. The maximum Gasteiger partial charge on any atom is 0.277 e. The summed E-state index contributed by atoms with van der Waals surface area (Å²) in [6.07, 6.45) is 0. The van der Waals surface area contributed by atoms with Gasteiger partial charge in [-0.1, -0.05) is 29.8 Å². The summed E-state index contributed by atoms with van der Waals surface area (Å²) in [4.78, 5) is 22.0. The van der Waals surface area contributed by atoms with Crippen molar-refractivity contribution in [2.24, 2.45) is 5.73 Å². The van der Waals surface area contributed by atoms with Gasteiger partial charge in [-0.25, -0.2) is 0 Å². The SMILES string of the molecule is Cc1ccc([N+](=O)[O-])c(-c2ccccc2C(N)=O)c1. The smallest absolute Gasteiger partial charge is 0.277 e. The molecule has 2 rings (SSSR count). The van der Waals surface area contributed by atoms with Crippen molar-refractivity contribution >= 4 is 11.6 Å². The molecule has 0 fully saturated rings. The number of nitro benzene ring substituents is 1. The Balaban J connectivity index is 2.75. The lowest BCUT2D eigenvalue weighted by atomic mass is 9.96. The molecule has 5 heteroatoms. The predicted molar refractivity (Wildman–Crippen MR) is 71.8 cm³/mol. The standard InChI is InChI=1S/C14H12N2O3/c1-9-6-7-13(16(18)19)12(8-9)10-4-2-3-5-11(10)14(15)17/h2-8H,1H3,(H2,15,17). The van der Waals surface area contributed by atoms with Crippen molar-refractivity contribution in [3.63, 3.8) is 0 Å². The number of primary amides is 1. The van der Waals surface area contributed by atoms with Crippen LogP contribution in [0.5, 0.6) is 0 Å². The van der Waals surface area contributed by atoms with Crippen molar-refractivity contribution in [1.29, 1.82) is 0 Å². The monoisotopic (exact) mass is 256 g/mol. The molecule has 0 saturated carbocycles. The summed E-state index contributed by atoms with van der Waals surface area (Å²) >= 11 is 0. The van der Waals surface area contributed by atoms with Gasteiger partial charge in [-0.05, 0) is 19.1 Å². The third kappa shape index (κ3) is 2.44. The summed E-state index contributed by atoms with van der Waals surface area (Å²) in [5, 5.41) is 11.1. The summed E-state index contributed by atoms with van der Waals surface area (Å²) < 4.78 is 0. The van der Waals surface area contributed by atoms with Crippen LogP contribution in [-0.2, 0) is 0 Å². The van der Waals surface area contributed by atoms with E-state index in [0.717, 1.165) is 5.56 Å². The van der Waals surface area contributed by atoms with Gasteiger partial charge in [0.05, 0.1) is 10.5 Å². The zero-order valence-corrected chi connectivity index (χ0v) is 10.3. The third-order valence-electron chi connectivity index (χ3n) is 2.83. The number of rotatable bonds is 3. The molecule has 0 aromatic heterocycles. The number of carbonyl (C=O) groups excluding carboxylic acids is 1. The van der Waals surface area contributed by atoms with Crippen LogP contribution in [0.1, 0.15) is 15.9 Å². The average Bonchev–Trinajstić information content (AvgIpc) is 2.38. The second kappa shape index (κ2) is 4.89. The van der Waals surface area contributed by atoms with Crippen LogP contribution in [0.2, 0.25) is 0 Å². The van der Waals surface area contributed by atoms with E-state index in [1.54, 1.807) is 36.4 Å². The molecule has 0 atom stereocenters. The Morgan fingerprint density at radius 1 is 1.16 bits per heavy atom. The number of hydrogen-bond acceptors (Lipinski definition) is 3. The van der Waals surface area contributed by atoms with Crippen LogP contribution in [0.25, 0.3) is 11.1 Å². The first-order valence-electron chi connectivity index (χ1n) is 5.65. The highest BCUT2D eigenvalue weighted by Crippen LogP contribution is 2.32. The number of benzene rings is 2. The fraction of sp³-hybridized carbons (Fsp3) is 0.0714. The molecule has 0 bridgehead atoms. The van der Waals surface area contributed by atoms with Crippen LogP contribution in [0.3, 0.4) is 0 Å². The van der Waals surface area contributed by atoms with E-state index in [-0.39, 0.29) is 11.3 Å². The van der Waals surface area contributed by atoms with Crippen molar-refractivity contribution in [3.05, 3.63) is 63.7 Å². The summed E-state index contributed by atoms with van der Waals surface area (Å²) in [5.74, 6) is -0.605. The van der Waals surface area contributed by atoms with Crippen LogP contribution in [0.15, 0.2) is 42.5 Å². The molecule has 2 N–H and O–H groups in total. The third-order valence-corrected chi connectivity index (χ3v) is 2.83. The van der Waals surface area contributed by atoms with E-state index in [9.17, 15) is 14.9 Å². The molecule has 96 valence electrons. The quantitative estimate of drug-likeness (QED) is 0.676. The van der Waals surface area contributed by atoms with E-state index in [0.29, 0.717) is 11.1 Å². The van der Waals surface area contributed by atoms with Crippen LogP contribution in [0, 0.1) is 17.0 Å². The van der Waals surface area contributed by atoms with Crippen LogP contribution in [0.4, 0.5) is 5.69 Å². The topological polar surface area (TPSA) is 86.2 Å². The van der Waals surface area contributed by atoms with E-state index in [2.05, 4.69) is 0 Å². The molecule has 0 saturated heterocycles. The average molecular weight is 256 g/mol. The van der Waals surface area contributed by atoms with E-state index < -0.39 is 10.8 Å². The molecule has 0 aliphatic carbocycles. The first-order valence-corrected chi connectivity index (χ1v) is 5.65. The van der Waals surface area contributed by atoms with E-state index in [4.69, 9.17) is 5.73 Å². The molecular formula is C14H12N2O3. The van der Waals surface area contributed by atoms with Gasteiger partial charge in [0.25, 0.3) is 5.69 Å². The lowest BCUT2D eigenvalue weighted by Crippen LogP contribution is -2.12. The molecule has 5 nitrogen and oxygen atoms in total. The Hall–Kier alpha value is -2.69. The Morgan fingerprint density at radius 3 is 2.47 bits per heavy atom. The van der Waals surface area contributed by atoms with Gasteiger partial charge in [-0.3, -0.25) is 14.9 Å². The van der Waals surface area contributed by atoms with Crippen LogP contribution >= 0.6 is 0 Å². The first-order chi connectivity index (χ1) is 9.00. The van der Waals surface area contributed by atoms with Crippen molar-refractivity contribution in [2.75, 3.05) is 0 Å². The Kier molecular flexibility index (Phi) is 3.29. The van der Waals surface area contributed by atoms with Crippen molar-refractivity contribution in [2.45, 2.75) is 6.92 Å². The fourth-order valence-corrected chi connectivity index (χ4v) is 1.96. The molecule has 19 heavy (non-hydrogen) atoms. The van der Waals surface area contributed by atoms with Crippen molar-refractivity contribution in [3.8, 4) is 11.1 Å². The number of carbonyl (C=O) groups is 1. The van der Waals surface area contributed by atoms with Gasteiger partial charge < -0.3 is 5.73 Å². The highest BCUT2D eigenvalue weighted by molar-refractivity contribution is 6.00. The van der Waals surface area contributed by atoms with Gasteiger partial charge >= 0.3 is 0 Å². The maximum absolute atomic E-state index is 11.4. The van der Waals surface area contributed by atoms with Gasteiger partial charge in [-0.2, -0.15) is 0 Å². The summed E-state index contributed by atoms with van der Waals surface area (Å²) in [5.41, 5.74) is 7.29. The van der Waals surface area contributed by atoms with E-state index in [1.165, 1.54) is 6.07 Å². The summed E-state index contributed by atoms with van der Waals surface area (Å²) in [7, 11) is 0. The lowest BCUT2D eigenvalue weighted by molar-refractivity contribution is -0.384. The number of amides is 1. The van der Waals surface area contributed by atoms with Crippen molar-refractivity contribution in [1.82, 2.24) is 0 Å². The van der Waals surface area contributed by atoms with Gasteiger partial charge in [0, 0.05) is 17.2 Å². The molecule has 2 aromatic carbocycles. The number of nitrogens with two attached hydrogens (primary N) is 1. The minimum atomic E-state index is -0.605. The Labute approximate surface area is 109 Å². The van der Waals surface area contributed by atoms with Crippen LogP contribution in [-0.4, -0.2) is 10.8 Å². The molecule has 0 aliphatic heterocycles. The number of aryl methyl sites for hydroxylation is 1. The minimum absolute atomic E-state index is 0.0423. The number of nitro groups is 1. The molecule has 1 amide bonds. The van der Waals surface area contributed by atoms with Gasteiger partial charge in [-0.15, -0.1) is 0 Å². The first kappa shape index (κ1) is 12.8. The number of nitrogens with zero attached hydrogens (tertiary/aromatic N) is 1. The largest absolute Gasteiger partial charge is 0.366 e. The highest BCUT2D eigenvalue weighted by Gasteiger charge is 2.19.